The van der Waals surface area contributed by atoms with Crippen LogP contribution in [-0.4, -0.2) is 19.2 Å². The molecule has 0 N–H and O–H groups in total. The van der Waals surface area contributed by atoms with Crippen molar-refractivity contribution in [1.82, 2.24) is 19.2 Å². The first-order valence-corrected chi connectivity index (χ1v) is 9.17. The summed E-state index contributed by atoms with van der Waals surface area (Å²) in [5, 5.41) is 4.11. The van der Waals surface area contributed by atoms with Crippen LogP contribution in [0.15, 0.2) is 21.5 Å². The maximum atomic E-state index is 13.3. The standard InChI is InChI=1S/C15H12BrF3N4OS/c1-7-13(16)23-12(24)4-9(20-14(23)25-7)6-22-11(15(17,18)19)5-10(21-22)8-2-3-8/h4-5,8H,2-3,6H2,1H3. The third-order valence-corrected chi connectivity index (χ3v) is 6.24. The number of hydrogen-bond acceptors (Lipinski definition) is 4. The van der Waals surface area contributed by atoms with Crippen LogP contribution in [0, 0.1) is 6.92 Å². The summed E-state index contributed by atoms with van der Waals surface area (Å²) in [7, 11) is 0. The topological polar surface area (TPSA) is 52.2 Å². The molecular formula is C15H12BrF3N4OS. The molecule has 1 aliphatic carbocycles. The Bertz CT molecular complexity index is 1030. The van der Waals surface area contributed by atoms with E-state index in [-0.39, 0.29) is 23.7 Å². The van der Waals surface area contributed by atoms with Gasteiger partial charge in [0.2, 0.25) is 0 Å². The van der Waals surface area contributed by atoms with Gasteiger partial charge in [0.15, 0.2) is 4.96 Å². The molecule has 0 unspecified atom stereocenters. The largest absolute Gasteiger partial charge is 0.433 e. The van der Waals surface area contributed by atoms with Gasteiger partial charge >= 0.3 is 6.18 Å². The van der Waals surface area contributed by atoms with Gasteiger partial charge < -0.3 is 0 Å². The first-order chi connectivity index (χ1) is 11.7. The maximum absolute atomic E-state index is 13.3. The van der Waals surface area contributed by atoms with E-state index in [1.165, 1.54) is 21.8 Å². The monoisotopic (exact) mass is 432 g/mol. The summed E-state index contributed by atoms with van der Waals surface area (Å²) in [6, 6.07) is 2.36. The molecule has 0 spiro atoms. The number of thiazole rings is 1. The number of rotatable bonds is 3. The smallest absolute Gasteiger partial charge is 0.269 e. The maximum Gasteiger partial charge on any atom is 0.433 e. The van der Waals surface area contributed by atoms with Crippen LogP contribution in [0.3, 0.4) is 0 Å². The fourth-order valence-electron chi connectivity index (χ4n) is 2.69. The lowest BCUT2D eigenvalue weighted by molar-refractivity contribution is -0.144. The van der Waals surface area contributed by atoms with E-state index in [9.17, 15) is 18.0 Å². The molecule has 0 bridgehead atoms. The number of halogens is 4. The highest BCUT2D eigenvalue weighted by Gasteiger charge is 2.38. The van der Waals surface area contributed by atoms with E-state index < -0.39 is 11.9 Å². The zero-order chi connectivity index (χ0) is 17.9. The Labute approximate surface area is 152 Å². The Kier molecular flexibility index (Phi) is 3.80. The molecule has 0 amide bonds. The molecule has 0 radical (unpaired) electrons. The van der Waals surface area contributed by atoms with Gasteiger partial charge in [-0.3, -0.25) is 9.48 Å². The summed E-state index contributed by atoms with van der Waals surface area (Å²) >= 11 is 4.62. The van der Waals surface area contributed by atoms with Crippen LogP contribution in [0.4, 0.5) is 13.2 Å². The quantitative estimate of drug-likeness (QED) is 0.629. The van der Waals surface area contributed by atoms with Crippen molar-refractivity contribution >= 4 is 32.2 Å². The van der Waals surface area contributed by atoms with Gasteiger partial charge in [-0.25, -0.2) is 9.38 Å². The highest BCUT2D eigenvalue weighted by Crippen LogP contribution is 2.41. The van der Waals surface area contributed by atoms with Gasteiger partial charge in [0.25, 0.3) is 5.56 Å². The summed E-state index contributed by atoms with van der Waals surface area (Å²) in [6.07, 6.45) is -2.77. The molecule has 10 heteroatoms. The SMILES string of the molecule is Cc1sc2nc(Cn3nc(C4CC4)cc3C(F)(F)F)cc(=O)n2c1Br. The number of fused-ring (bicyclic) bond motifs is 1. The molecule has 25 heavy (non-hydrogen) atoms. The van der Waals surface area contributed by atoms with Crippen molar-refractivity contribution in [3.63, 3.8) is 0 Å². The predicted octanol–water partition coefficient (Wildman–Crippen LogP) is 3.97. The van der Waals surface area contributed by atoms with Gasteiger partial charge in [-0.2, -0.15) is 18.3 Å². The molecule has 0 aliphatic heterocycles. The van der Waals surface area contributed by atoms with Crippen molar-refractivity contribution in [2.24, 2.45) is 0 Å². The van der Waals surface area contributed by atoms with Gasteiger partial charge in [0.1, 0.15) is 10.3 Å². The zero-order valence-corrected chi connectivity index (χ0v) is 15.4. The van der Waals surface area contributed by atoms with Crippen LogP contribution in [0.5, 0.6) is 0 Å². The van der Waals surface area contributed by atoms with Crippen LogP contribution in [-0.2, 0) is 12.7 Å². The van der Waals surface area contributed by atoms with Crippen LogP contribution < -0.4 is 5.56 Å². The first kappa shape index (κ1) is 16.8. The van der Waals surface area contributed by atoms with Gasteiger partial charge in [0, 0.05) is 16.9 Å². The van der Waals surface area contributed by atoms with E-state index in [2.05, 4.69) is 26.0 Å². The predicted molar refractivity (Wildman–Crippen MR) is 90.1 cm³/mol. The van der Waals surface area contributed by atoms with Gasteiger partial charge in [-0.1, -0.05) is 0 Å². The molecule has 0 atom stereocenters. The van der Waals surface area contributed by atoms with Crippen molar-refractivity contribution in [2.45, 2.75) is 38.4 Å². The second-order valence-corrected chi connectivity index (χ2v) is 7.97. The Morgan fingerprint density at radius 3 is 2.72 bits per heavy atom. The van der Waals surface area contributed by atoms with Gasteiger partial charge in [-0.05, 0) is 41.8 Å². The Hall–Kier alpha value is -1.68. The van der Waals surface area contributed by atoms with Crippen molar-refractivity contribution in [3.05, 3.63) is 49.0 Å². The molecule has 0 saturated heterocycles. The normalized spacial score (nSPS) is 15.2. The summed E-state index contributed by atoms with van der Waals surface area (Å²) in [4.78, 5) is 17.9. The van der Waals surface area contributed by atoms with E-state index in [1.807, 2.05) is 6.92 Å². The highest BCUT2D eigenvalue weighted by molar-refractivity contribution is 9.10. The molecule has 3 aromatic heterocycles. The third kappa shape index (κ3) is 3.01. The van der Waals surface area contributed by atoms with Crippen molar-refractivity contribution < 1.29 is 13.2 Å². The molecule has 5 nitrogen and oxygen atoms in total. The average molecular weight is 433 g/mol. The highest BCUT2D eigenvalue weighted by atomic mass is 79.9. The minimum atomic E-state index is -4.50. The first-order valence-electron chi connectivity index (χ1n) is 7.56. The Balaban J connectivity index is 1.77. The van der Waals surface area contributed by atoms with E-state index in [0.29, 0.717) is 15.3 Å². The van der Waals surface area contributed by atoms with E-state index >= 15 is 0 Å². The molecule has 1 aliphatic rings. The molecular weight excluding hydrogens is 421 g/mol. The van der Waals surface area contributed by atoms with Crippen LogP contribution in [0.1, 0.15) is 40.7 Å². The minimum absolute atomic E-state index is 0.110. The number of nitrogens with zero attached hydrogens (tertiary/aromatic N) is 4. The van der Waals surface area contributed by atoms with Crippen molar-refractivity contribution in [1.29, 1.82) is 0 Å². The van der Waals surface area contributed by atoms with E-state index in [1.54, 1.807) is 0 Å². The fourth-order valence-corrected chi connectivity index (χ4v) is 4.28. The number of hydrogen-bond donors (Lipinski definition) is 0. The minimum Gasteiger partial charge on any atom is -0.269 e. The van der Waals surface area contributed by atoms with Gasteiger partial charge in [-0.15, -0.1) is 11.3 Å². The number of alkyl halides is 3. The van der Waals surface area contributed by atoms with Crippen molar-refractivity contribution in [3.8, 4) is 0 Å². The lowest BCUT2D eigenvalue weighted by atomic mass is 10.2. The molecule has 1 saturated carbocycles. The Morgan fingerprint density at radius 2 is 2.08 bits per heavy atom. The Morgan fingerprint density at radius 1 is 1.36 bits per heavy atom. The summed E-state index contributed by atoms with van der Waals surface area (Å²) in [5.41, 5.74) is -0.422. The van der Waals surface area contributed by atoms with E-state index in [0.717, 1.165) is 28.5 Å². The van der Waals surface area contributed by atoms with Crippen LogP contribution >= 0.6 is 27.3 Å². The number of aryl methyl sites for hydroxylation is 1. The molecule has 1 fully saturated rings. The molecule has 4 rings (SSSR count). The lowest BCUT2D eigenvalue weighted by Gasteiger charge is -2.09. The number of aromatic nitrogens is 4. The average Bonchev–Trinajstić information content (AvgIpc) is 3.19. The van der Waals surface area contributed by atoms with Crippen molar-refractivity contribution in [2.75, 3.05) is 0 Å². The molecule has 3 aromatic rings. The third-order valence-electron chi connectivity index (χ3n) is 4.07. The molecule has 0 aromatic carbocycles. The zero-order valence-electron chi connectivity index (χ0n) is 13.0. The van der Waals surface area contributed by atoms with Crippen LogP contribution in [0.2, 0.25) is 0 Å². The lowest BCUT2D eigenvalue weighted by Crippen LogP contribution is -2.19. The van der Waals surface area contributed by atoms with E-state index in [4.69, 9.17) is 0 Å². The molecule has 132 valence electrons. The summed E-state index contributed by atoms with van der Waals surface area (Å²) in [6.45, 7) is 1.64. The summed E-state index contributed by atoms with van der Waals surface area (Å²) < 4.78 is 42.8. The summed E-state index contributed by atoms with van der Waals surface area (Å²) in [5.74, 6) is 0.110. The second kappa shape index (κ2) is 5.66. The fraction of sp³-hybridized carbons (Fsp3) is 0.400. The second-order valence-electron chi connectivity index (χ2n) is 6.04. The van der Waals surface area contributed by atoms with Gasteiger partial charge in [0.05, 0.1) is 17.9 Å². The van der Waals surface area contributed by atoms with Crippen LogP contribution in [0.25, 0.3) is 4.96 Å². The molecule has 3 heterocycles.